The van der Waals surface area contributed by atoms with E-state index in [1.807, 2.05) is 32.9 Å². The molecule has 1 aliphatic heterocycles. The van der Waals surface area contributed by atoms with Gasteiger partial charge in [0.1, 0.15) is 5.60 Å². The van der Waals surface area contributed by atoms with Crippen LogP contribution in [-0.2, 0) is 11.8 Å². The van der Waals surface area contributed by atoms with Gasteiger partial charge in [0.25, 0.3) is 0 Å². The molecule has 1 amide bonds. The number of halogens is 1. The maximum atomic E-state index is 12.2. The third kappa shape index (κ3) is 3.54. The molecule has 1 aromatic heterocycles. The van der Waals surface area contributed by atoms with E-state index >= 15 is 0 Å². The lowest BCUT2D eigenvalue weighted by atomic mass is 9.89. The molecule has 1 aromatic carbocycles. The van der Waals surface area contributed by atoms with Gasteiger partial charge < -0.3 is 14.6 Å². The topological polar surface area (TPSA) is 67.3 Å². The van der Waals surface area contributed by atoms with Crippen LogP contribution < -0.4 is 5.69 Å². The van der Waals surface area contributed by atoms with Crippen LogP contribution in [0.1, 0.15) is 45.1 Å². The lowest BCUT2D eigenvalue weighted by Crippen LogP contribution is -2.41. The van der Waals surface area contributed by atoms with Gasteiger partial charge in [0, 0.05) is 20.1 Å². The molecule has 1 aliphatic rings. The van der Waals surface area contributed by atoms with Crippen molar-refractivity contribution < 1.29 is 9.53 Å². The van der Waals surface area contributed by atoms with Crippen LogP contribution in [0.3, 0.4) is 0 Å². The number of aryl methyl sites for hydroxylation is 1. The molecule has 0 radical (unpaired) electrons. The SMILES string of the molecule is Cn1c(=O)[nH]c2ccc(C3CCN(C(=O)OC(C)(C)C)CC3)c(Cl)c21. The number of hydrogen-bond acceptors (Lipinski definition) is 3. The number of piperidine rings is 1. The van der Waals surface area contributed by atoms with Crippen LogP contribution in [0.5, 0.6) is 0 Å². The molecular weight excluding hydrogens is 342 g/mol. The monoisotopic (exact) mass is 365 g/mol. The highest BCUT2D eigenvalue weighted by Gasteiger charge is 2.29. The van der Waals surface area contributed by atoms with Crippen LogP contribution in [0.25, 0.3) is 11.0 Å². The molecule has 0 spiro atoms. The van der Waals surface area contributed by atoms with Crippen LogP contribution >= 0.6 is 11.6 Å². The first-order valence-electron chi connectivity index (χ1n) is 8.52. The van der Waals surface area contributed by atoms with Crippen molar-refractivity contribution >= 4 is 28.7 Å². The van der Waals surface area contributed by atoms with Gasteiger partial charge in [0.2, 0.25) is 0 Å². The number of aromatic amines is 1. The second kappa shape index (κ2) is 6.41. The molecular formula is C18H24ClN3O3. The van der Waals surface area contributed by atoms with Crippen molar-refractivity contribution in [2.24, 2.45) is 7.05 Å². The van der Waals surface area contributed by atoms with Crippen LogP contribution in [0.4, 0.5) is 4.79 Å². The first-order valence-corrected chi connectivity index (χ1v) is 8.90. The predicted octanol–water partition coefficient (Wildman–Crippen LogP) is 3.63. The second-order valence-electron chi connectivity index (χ2n) is 7.60. The number of amides is 1. The highest BCUT2D eigenvalue weighted by atomic mass is 35.5. The van der Waals surface area contributed by atoms with Crippen molar-refractivity contribution in [3.05, 3.63) is 33.2 Å². The standard InChI is InChI=1S/C18H24ClN3O3/c1-18(2,3)25-17(24)22-9-7-11(8-10-22)12-5-6-13-15(14(12)19)21(4)16(23)20-13/h5-6,11H,7-10H2,1-4H3,(H,20,23). The Bertz CT molecular complexity index is 855. The maximum absolute atomic E-state index is 12.2. The summed E-state index contributed by atoms with van der Waals surface area (Å²) in [5, 5.41) is 0.620. The van der Waals surface area contributed by atoms with Crippen molar-refractivity contribution in [3.8, 4) is 0 Å². The first kappa shape index (κ1) is 17.9. The average molecular weight is 366 g/mol. The Morgan fingerprint density at radius 3 is 2.52 bits per heavy atom. The minimum Gasteiger partial charge on any atom is -0.444 e. The van der Waals surface area contributed by atoms with Gasteiger partial charge in [-0.3, -0.25) is 4.57 Å². The molecule has 3 rings (SSSR count). The summed E-state index contributed by atoms with van der Waals surface area (Å²) in [7, 11) is 1.71. The van der Waals surface area contributed by atoms with Crippen LogP contribution in [0.15, 0.2) is 16.9 Å². The number of hydrogen-bond donors (Lipinski definition) is 1. The number of carbonyl (C=O) groups is 1. The highest BCUT2D eigenvalue weighted by molar-refractivity contribution is 6.35. The summed E-state index contributed by atoms with van der Waals surface area (Å²) in [6, 6.07) is 3.88. The van der Waals surface area contributed by atoms with Gasteiger partial charge in [0.05, 0.1) is 16.1 Å². The highest BCUT2D eigenvalue weighted by Crippen LogP contribution is 2.36. The van der Waals surface area contributed by atoms with Crippen molar-refractivity contribution in [1.82, 2.24) is 14.5 Å². The normalized spacial score (nSPS) is 16.4. The zero-order valence-electron chi connectivity index (χ0n) is 15.1. The number of rotatable bonds is 1. The zero-order chi connectivity index (χ0) is 18.4. The number of benzene rings is 1. The Labute approximate surface area is 151 Å². The number of aromatic nitrogens is 2. The quantitative estimate of drug-likeness (QED) is 0.839. The lowest BCUT2D eigenvalue weighted by Gasteiger charge is -2.34. The van der Waals surface area contributed by atoms with E-state index in [1.54, 1.807) is 11.9 Å². The van der Waals surface area contributed by atoms with Crippen molar-refractivity contribution in [1.29, 1.82) is 0 Å². The van der Waals surface area contributed by atoms with E-state index in [0.717, 1.165) is 29.4 Å². The molecule has 2 heterocycles. The Hall–Kier alpha value is -1.95. The Morgan fingerprint density at radius 1 is 1.28 bits per heavy atom. The summed E-state index contributed by atoms with van der Waals surface area (Å²) in [5.74, 6) is 0.264. The predicted molar refractivity (Wildman–Crippen MR) is 98.3 cm³/mol. The molecule has 1 N–H and O–H groups in total. The fourth-order valence-corrected chi connectivity index (χ4v) is 3.77. The number of nitrogens with one attached hydrogen (secondary N) is 1. The van der Waals surface area contributed by atoms with E-state index in [-0.39, 0.29) is 17.7 Å². The minimum absolute atomic E-state index is 0.172. The largest absolute Gasteiger partial charge is 0.444 e. The Morgan fingerprint density at radius 2 is 1.92 bits per heavy atom. The number of likely N-dealkylation sites (tertiary alicyclic amines) is 1. The minimum atomic E-state index is -0.485. The summed E-state index contributed by atoms with van der Waals surface area (Å²) in [4.78, 5) is 28.5. The molecule has 6 nitrogen and oxygen atoms in total. The van der Waals surface area contributed by atoms with Gasteiger partial charge in [-0.15, -0.1) is 0 Å². The van der Waals surface area contributed by atoms with Gasteiger partial charge >= 0.3 is 11.8 Å². The van der Waals surface area contributed by atoms with E-state index in [4.69, 9.17) is 16.3 Å². The molecule has 25 heavy (non-hydrogen) atoms. The van der Waals surface area contributed by atoms with Crippen molar-refractivity contribution in [2.75, 3.05) is 13.1 Å². The summed E-state index contributed by atoms with van der Waals surface area (Å²) in [6.45, 7) is 6.88. The van der Waals surface area contributed by atoms with Crippen LogP contribution in [0, 0.1) is 0 Å². The number of H-pyrrole nitrogens is 1. The molecule has 0 saturated carbocycles. The number of nitrogens with zero attached hydrogens (tertiary/aromatic N) is 2. The van der Waals surface area contributed by atoms with E-state index in [9.17, 15) is 9.59 Å². The molecule has 1 fully saturated rings. The third-order valence-corrected chi connectivity index (χ3v) is 5.01. The fourth-order valence-electron chi connectivity index (χ4n) is 3.32. The van der Waals surface area contributed by atoms with E-state index in [2.05, 4.69) is 4.98 Å². The molecule has 136 valence electrons. The number of carbonyl (C=O) groups excluding carboxylic acids is 1. The van der Waals surface area contributed by atoms with Gasteiger partial charge in [-0.25, -0.2) is 9.59 Å². The van der Waals surface area contributed by atoms with Crippen molar-refractivity contribution in [3.63, 3.8) is 0 Å². The summed E-state index contributed by atoms with van der Waals surface area (Å²) in [5.41, 5.74) is 1.86. The first-order chi connectivity index (χ1) is 11.7. The van der Waals surface area contributed by atoms with E-state index in [0.29, 0.717) is 18.1 Å². The fraction of sp³-hybridized carbons (Fsp3) is 0.556. The van der Waals surface area contributed by atoms with Crippen molar-refractivity contribution in [2.45, 2.75) is 45.1 Å². The van der Waals surface area contributed by atoms with Crippen LogP contribution in [0.2, 0.25) is 5.02 Å². The van der Waals surface area contributed by atoms with Gasteiger partial charge in [-0.1, -0.05) is 17.7 Å². The number of ether oxygens (including phenoxy) is 1. The molecule has 0 bridgehead atoms. The smallest absolute Gasteiger partial charge is 0.410 e. The molecule has 0 atom stereocenters. The number of imidazole rings is 1. The van der Waals surface area contributed by atoms with Crippen LogP contribution in [-0.4, -0.2) is 39.2 Å². The molecule has 7 heteroatoms. The lowest BCUT2D eigenvalue weighted by molar-refractivity contribution is 0.0205. The zero-order valence-corrected chi connectivity index (χ0v) is 15.8. The summed E-state index contributed by atoms with van der Waals surface area (Å²) < 4.78 is 6.98. The number of fused-ring (bicyclic) bond motifs is 1. The Balaban J connectivity index is 1.76. The van der Waals surface area contributed by atoms with Gasteiger partial charge in [0.15, 0.2) is 0 Å². The molecule has 0 unspecified atom stereocenters. The molecule has 0 aliphatic carbocycles. The van der Waals surface area contributed by atoms with E-state index < -0.39 is 5.60 Å². The van der Waals surface area contributed by atoms with E-state index in [1.165, 1.54) is 4.57 Å². The Kier molecular flexibility index (Phi) is 4.58. The third-order valence-electron chi connectivity index (χ3n) is 4.61. The summed E-state index contributed by atoms with van der Waals surface area (Å²) in [6.07, 6.45) is 1.38. The molecule has 1 saturated heterocycles. The second-order valence-corrected chi connectivity index (χ2v) is 7.97. The van der Waals surface area contributed by atoms with Gasteiger partial charge in [-0.05, 0) is 51.2 Å². The van der Waals surface area contributed by atoms with Gasteiger partial charge in [-0.2, -0.15) is 0 Å². The average Bonchev–Trinajstić information content (AvgIpc) is 2.82. The molecule has 2 aromatic rings. The maximum Gasteiger partial charge on any atom is 0.410 e. The summed E-state index contributed by atoms with van der Waals surface area (Å²) >= 11 is 6.59.